The fourth-order valence-electron chi connectivity index (χ4n) is 1.47. The van der Waals surface area contributed by atoms with Gasteiger partial charge in [0.15, 0.2) is 5.78 Å². The van der Waals surface area contributed by atoms with E-state index in [9.17, 15) is 13.2 Å². The molecule has 0 amide bonds. The zero-order valence-corrected chi connectivity index (χ0v) is 11.2. The van der Waals surface area contributed by atoms with Gasteiger partial charge in [0.05, 0.1) is 15.5 Å². The molecule has 0 aliphatic heterocycles. The summed E-state index contributed by atoms with van der Waals surface area (Å²) < 4.78 is 26.5. The highest BCUT2D eigenvalue weighted by Gasteiger charge is 2.17. The molecular weight excluding hydrogens is 270 g/mol. The molecule has 0 spiro atoms. The number of carbonyl (C=O) groups excluding carboxylic acids is 1. The normalized spacial score (nSPS) is 11.2. The lowest BCUT2D eigenvalue weighted by Gasteiger charge is -2.07. The third-order valence-electron chi connectivity index (χ3n) is 2.28. The summed E-state index contributed by atoms with van der Waals surface area (Å²) in [6, 6.07) is 9.62. The van der Waals surface area contributed by atoms with E-state index in [2.05, 4.69) is 4.72 Å². The molecule has 1 aromatic heterocycles. The highest BCUT2D eigenvalue weighted by molar-refractivity contribution is 7.92. The van der Waals surface area contributed by atoms with E-state index in [0.29, 0.717) is 10.6 Å². The first kappa shape index (κ1) is 12.8. The Labute approximate surface area is 109 Å². The molecule has 6 heteroatoms. The molecule has 0 bridgehead atoms. The molecule has 0 saturated heterocycles. The van der Waals surface area contributed by atoms with Crippen molar-refractivity contribution in [2.45, 2.75) is 11.8 Å². The number of benzene rings is 1. The minimum Gasteiger partial charge on any atom is -0.294 e. The van der Waals surface area contributed by atoms with Crippen LogP contribution in [0.4, 0.5) is 5.69 Å². The van der Waals surface area contributed by atoms with Gasteiger partial charge in [0, 0.05) is 6.92 Å². The lowest BCUT2D eigenvalue weighted by Crippen LogP contribution is -2.13. The summed E-state index contributed by atoms with van der Waals surface area (Å²) in [6.07, 6.45) is 0. The molecule has 1 aromatic carbocycles. The van der Waals surface area contributed by atoms with Crippen LogP contribution in [0.15, 0.2) is 46.7 Å². The Hall–Kier alpha value is -1.66. The Balaban J connectivity index is 2.34. The molecule has 0 aliphatic carbocycles. The van der Waals surface area contributed by atoms with Gasteiger partial charge in [-0.05, 0) is 23.6 Å². The zero-order valence-electron chi connectivity index (χ0n) is 9.58. The standard InChI is InChI=1S/C12H11NO3S2/c1-9(14)12-11(7-8-17-12)13-18(15,16)10-5-3-2-4-6-10/h2-8,13H,1H3. The number of hydrogen-bond acceptors (Lipinski definition) is 4. The van der Waals surface area contributed by atoms with Crippen LogP contribution >= 0.6 is 11.3 Å². The second kappa shape index (κ2) is 4.91. The maximum absolute atomic E-state index is 12.1. The molecule has 1 N–H and O–H groups in total. The van der Waals surface area contributed by atoms with Gasteiger partial charge in [-0.25, -0.2) is 8.42 Å². The Morgan fingerprint density at radius 3 is 2.44 bits per heavy atom. The Bertz CT molecular complexity index is 660. The fourth-order valence-corrected chi connectivity index (χ4v) is 3.38. The van der Waals surface area contributed by atoms with E-state index in [1.165, 1.54) is 30.4 Å². The number of anilines is 1. The number of sulfonamides is 1. The molecular formula is C12H11NO3S2. The molecule has 2 aromatic rings. The first-order valence-electron chi connectivity index (χ1n) is 5.17. The number of hydrogen-bond donors (Lipinski definition) is 1. The zero-order chi connectivity index (χ0) is 13.2. The third-order valence-corrected chi connectivity index (χ3v) is 4.68. The van der Waals surface area contributed by atoms with E-state index >= 15 is 0 Å². The maximum Gasteiger partial charge on any atom is 0.261 e. The minimum atomic E-state index is -3.63. The summed E-state index contributed by atoms with van der Waals surface area (Å²) in [6.45, 7) is 1.41. The third kappa shape index (κ3) is 2.60. The van der Waals surface area contributed by atoms with Crippen molar-refractivity contribution in [2.24, 2.45) is 0 Å². The second-order valence-corrected chi connectivity index (χ2v) is 6.24. The lowest BCUT2D eigenvalue weighted by molar-refractivity contribution is 0.102. The van der Waals surface area contributed by atoms with Crippen molar-refractivity contribution in [3.05, 3.63) is 46.7 Å². The molecule has 1 heterocycles. The van der Waals surface area contributed by atoms with Crippen molar-refractivity contribution in [3.63, 3.8) is 0 Å². The van der Waals surface area contributed by atoms with Gasteiger partial charge >= 0.3 is 0 Å². The van der Waals surface area contributed by atoms with Crippen molar-refractivity contribution in [3.8, 4) is 0 Å². The van der Waals surface area contributed by atoms with Gasteiger partial charge in [-0.1, -0.05) is 18.2 Å². The second-order valence-electron chi connectivity index (χ2n) is 3.64. The Morgan fingerprint density at radius 1 is 1.17 bits per heavy atom. The monoisotopic (exact) mass is 281 g/mol. The average Bonchev–Trinajstić information content (AvgIpc) is 2.78. The number of Topliss-reactive ketones (excluding diaryl/α,β-unsaturated/α-hetero) is 1. The molecule has 0 fully saturated rings. The van der Waals surface area contributed by atoms with Crippen molar-refractivity contribution in [1.29, 1.82) is 0 Å². The number of rotatable bonds is 4. The number of carbonyl (C=O) groups is 1. The molecule has 4 nitrogen and oxygen atoms in total. The molecule has 0 aliphatic rings. The summed E-state index contributed by atoms with van der Waals surface area (Å²) in [4.78, 5) is 11.9. The topological polar surface area (TPSA) is 63.2 Å². The van der Waals surface area contributed by atoms with E-state index in [1.54, 1.807) is 29.6 Å². The van der Waals surface area contributed by atoms with E-state index in [4.69, 9.17) is 0 Å². The molecule has 0 radical (unpaired) electrons. The predicted molar refractivity (Wildman–Crippen MR) is 71.6 cm³/mol. The molecule has 0 unspecified atom stereocenters. The number of thiophene rings is 1. The van der Waals surface area contributed by atoms with Gasteiger partial charge < -0.3 is 0 Å². The first-order chi connectivity index (χ1) is 8.50. The van der Waals surface area contributed by atoms with Crippen LogP contribution < -0.4 is 4.72 Å². The SMILES string of the molecule is CC(=O)c1sccc1NS(=O)(=O)c1ccccc1. The van der Waals surface area contributed by atoms with Crippen LogP contribution in [0.3, 0.4) is 0 Å². The van der Waals surface area contributed by atoms with Crippen molar-refractivity contribution >= 4 is 32.8 Å². The van der Waals surface area contributed by atoms with Gasteiger partial charge in [-0.2, -0.15) is 0 Å². The van der Waals surface area contributed by atoms with E-state index in [-0.39, 0.29) is 10.7 Å². The van der Waals surface area contributed by atoms with Crippen LogP contribution in [0.5, 0.6) is 0 Å². The van der Waals surface area contributed by atoms with Gasteiger partial charge in [-0.15, -0.1) is 11.3 Å². The summed E-state index contributed by atoms with van der Waals surface area (Å²) >= 11 is 1.22. The fraction of sp³-hybridized carbons (Fsp3) is 0.0833. The van der Waals surface area contributed by atoms with Crippen LogP contribution in [0.2, 0.25) is 0 Å². The summed E-state index contributed by atoms with van der Waals surface area (Å²) in [5, 5.41) is 1.68. The van der Waals surface area contributed by atoms with Crippen LogP contribution in [0.1, 0.15) is 16.6 Å². The molecule has 94 valence electrons. The van der Waals surface area contributed by atoms with Crippen molar-refractivity contribution < 1.29 is 13.2 Å². The predicted octanol–water partition coefficient (Wildman–Crippen LogP) is 2.75. The first-order valence-corrected chi connectivity index (χ1v) is 7.53. The molecule has 18 heavy (non-hydrogen) atoms. The largest absolute Gasteiger partial charge is 0.294 e. The quantitative estimate of drug-likeness (QED) is 0.876. The van der Waals surface area contributed by atoms with Gasteiger partial charge in [-0.3, -0.25) is 9.52 Å². The highest BCUT2D eigenvalue weighted by Crippen LogP contribution is 2.25. The highest BCUT2D eigenvalue weighted by atomic mass is 32.2. The van der Waals surface area contributed by atoms with Gasteiger partial charge in [0.25, 0.3) is 10.0 Å². The average molecular weight is 281 g/mol. The van der Waals surface area contributed by atoms with Crippen LogP contribution in [0.25, 0.3) is 0 Å². The van der Waals surface area contributed by atoms with E-state index < -0.39 is 10.0 Å². The van der Waals surface area contributed by atoms with Crippen LogP contribution in [-0.2, 0) is 10.0 Å². The van der Waals surface area contributed by atoms with Crippen molar-refractivity contribution in [2.75, 3.05) is 4.72 Å². The number of ketones is 1. The molecule has 2 rings (SSSR count). The van der Waals surface area contributed by atoms with Gasteiger partial charge in [0.1, 0.15) is 0 Å². The van der Waals surface area contributed by atoms with Gasteiger partial charge in [0.2, 0.25) is 0 Å². The lowest BCUT2D eigenvalue weighted by atomic mass is 10.3. The minimum absolute atomic E-state index is 0.157. The van der Waals surface area contributed by atoms with E-state index in [1.807, 2.05) is 0 Å². The van der Waals surface area contributed by atoms with Crippen molar-refractivity contribution in [1.82, 2.24) is 0 Å². The van der Waals surface area contributed by atoms with Crippen LogP contribution in [0, 0.1) is 0 Å². The maximum atomic E-state index is 12.1. The number of nitrogens with one attached hydrogen (secondary N) is 1. The Kier molecular flexibility index (Phi) is 3.49. The summed E-state index contributed by atoms with van der Waals surface area (Å²) in [5.74, 6) is -0.157. The Morgan fingerprint density at radius 2 is 1.83 bits per heavy atom. The molecule has 0 atom stereocenters. The molecule has 0 saturated carbocycles. The smallest absolute Gasteiger partial charge is 0.261 e. The van der Waals surface area contributed by atoms with E-state index in [0.717, 1.165) is 0 Å². The summed E-state index contributed by atoms with van der Waals surface area (Å²) in [7, 11) is -3.63. The van der Waals surface area contributed by atoms with Crippen LogP contribution in [-0.4, -0.2) is 14.2 Å². The summed E-state index contributed by atoms with van der Waals surface area (Å²) in [5.41, 5.74) is 0.330.